The van der Waals surface area contributed by atoms with E-state index in [4.69, 9.17) is 0 Å². The van der Waals surface area contributed by atoms with Gasteiger partial charge in [0.25, 0.3) is 0 Å². The van der Waals surface area contributed by atoms with Crippen LogP contribution in [0.2, 0.25) is 0 Å². The van der Waals surface area contributed by atoms with Crippen molar-refractivity contribution in [3.8, 4) is 5.69 Å². The summed E-state index contributed by atoms with van der Waals surface area (Å²) in [6.07, 6.45) is 1.75. The highest BCUT2D eigenvalue weighted by atomic mass is 16.2. The predicted octanol–water partition coefficient (Wildman–Crippen LogP) is 3.29. The Morgan fingerprint density at radius 2 is 1.83 bits per heavy atom. The number of likely N-dealkylation sites (tertiary alicyclic amines) is 1. The van der Waals surface area contributed by atoms with Gasteiger partial charge in [-0.3, -0.25) is 0 Å². The molecule has 7 nitrogen and oxygen atoms in total. The SMILES string of the molecule is Cc1ccc(NC(=O)N2CCCC(c3nn(C)c(=O)n3-c3ccccc3)C2)cc1. The largest absolute Gasteiger partial charge is 0.350 e. The Hall–Kier alpha value is -3.35. The van der Waals surface area contributed by atoms with Gasteiger partial charge >= 0.3 is 11.7 Å². The molecule has 1 unspecified atom stereocenters. The smallest absolute Gasteiger partial charge is 0.324 e. The van der Waals surface area contributed by atoms with E-state index in [0.717, 1.165) is 29.8 Å². The molecule has 2 amide bonds. The Labute approximate surface area is 169 Å². The number of hydrogen-bond donors (Lipinski definition) is 1. The number of aryl methyl sites for hydroxylation is 2. The quantitative estimate of drug-likeness (QED) is 0.745. The molecule has 0 aliphatic carbocycles. The number of nitrogens with one attached hydrogen (secondary N) is 1. The summed E-state index contributed by atoms with van der Waals surface area (Å²) in [7, 11) is 1.66. The normalized spacial score (nSPS) is 16.6. The molecule has 1 saturated heterocycles. The predicted molar refractivity (Wildman–Crippen MR) is 113 cm³/mol. The van der Waals surface area contributed by atoms with E-state index >= 15 is 0 Å². The van der Waals surface area contributed by atoms with E-state index in [-0.39, 0.29) is 17.6 Å². The van der Waals surface area contributed by atoms with Crippen molar-refractivity contribution in [2.75, 3.05) is 18.4 Å². The molecular weight excluding hydrogens is 366 g/mol. The Balaban J connectivity index is 1.56. The minimum atomic E-state index is -0.174. The summed E-state index contributed by atoms with van der Waals surface area (Å²) in [5.41, 5.74) is 2.55. The standard InChI is InChI=1S/C22H25N5O2/c1-16-10-12-18(13-11-16)23-21(28)26-14-6-7-17(15-26)20-24-25(2)22(29)27(20)19-8-4-3-5-9-19/h3-5,8-13,17H,6-7,14-15H2,1-2H3,(H,23,28). The van der Waals surface area contributed by atoms with Crippen LogP contribution >= 0.6 is 0 Å². The van der Waals surface area contributed by atoms with Gasteiger partial charge in [0.2, 0.25) is 0 Å². The molecule has 7 heteroatoms. The maximum absolute atomic E-state index is 12.8. The number of anilines is 1. The van der Waals surface area contributed by atoms with Crippen LogP contribution in [0.5, 0.6) is 0 Å². The third-order valence-corrected chi connectivity index (χ3v) is 5.34. The molecule has 1 aliphatic heterocycles. The fourth-order valence-corrected chi connectivity index (χ4v) is 3.78. The zero-order chi connectivity index (χ0) is 20.4. The Kier molecular flexibility index (Phi) is 5.20. The molecule has 0 saturated carbocycles. The number of rotatable bonds is 3. The molecule has 1 N–H and O–H groups in total. The van der Waals surface area contributed by atoms with E-state index in [1.807, 2.05) is 66.4 Å². The Bertz CT molecular complexity index is 1050. The van der Waals surface area contributed by atoms with Gasteiger partial charge in [0.05, 0.1) is 5.69 Å². The summed E-state index contributed by atoms with van der Waals surface area (Å²) in [6, 6.07) is 17.2. The van der Waals surface area contributed by atoms with Crippen LogP contribution in [0.15, 0.2) is 59.4 Å². The number of urea groups is 1. The number of carbonyl (C=O) groups is 1. The molecule has 1 atom stereocenters. The number of piperidine rings is 1. The number of carbonyl (C=O) groups excluding carboxylic acids is 1. The first-order valence-corrected chi connectivity index (χ1v) is 9.87. The molecular formula is C22H25N5O2. The van der Waals surface area contributed by atoms with Gasteiger partial charge < -0.3 is 10.2 Å². The van der Waals surface area contributed by atoms with Gasteiger partial charge in [-0.1, -0.05) is 35.9 Å². The molecule has 0 bridgehead atoms. The van der Waals surface area contributed by atoms with Crippen LogP contribution in [0.1, 0.15) is 30.1 Å². The lowest BCUT2D eigenvalue weighted by Gasteiger charge is -2.32. The minimum absolute atomic E-state index is 0.00150. The van der Waals surface area contributed by atoms with E-state index in [1.54, 1.807) is 11.6 Å². The highest BCUT2D eigenvalue weighted by Gasteiger charge is 2.29. The number of hydrogen-bond acceptors (Lipinski definition) is 3. The lowest BCUT2D eigenvalue weighted by atomic mass is 9.97. The van der Waals surface area contributed by atoms with E-state index in [2.05, 4.69) is 10.4 Å². The molecule has 29 heavy (non-hydrogen) atoms. The van der Waals surface area contributed by atoms with Crippen molar-refractivity contribution in [1.82, 2.24) is 19.2 Å². The van der Waals surface area contributed by atoms with Crippen LogP contribution in [-0.2, 0) is 7.05 Å². The van der Waals surface area contributed by atoms with Crippen LogP contribution < -0.4 is 11.0 Å². The van der Waals surface area contributed by atoms with Crippen molar-refractivity contribution < 1.29 is 4.79 Å². The molecule has 0 radical (unpaired) electrons. The van der Waals surface area contributed by atoms with E-state index < -0.39 is 0 Å². The first-order valence-electron chi connectivity index (χ1n) is 9.87. The van der Waals surface area contributed by atoms with Gasteiger partial charge in [0.15, 0.2) is 0 Å². The van der Waals surface area contributed by atoms with Crippen LogP contribution in [-0.4, -0.2) is 38.4 Å². The number of benzene rings is 2. The van der Waals surface area contributed by atoms with Gasteiger partial charge in [0, 0.05) is 31.7 Å². The monoisotopic (exact) mass is 391 g/mol. The van der Waals surface area contributed by atoms with Crippen molar-refractivity contribution in [2.24, 2.45) is 7.05 Å². The second kappa shape index (κ2) is 7.95. The zero-order valence-corrected chi connectivity index (χ0v) is 16.7. The van der Waals surface area contributed by atoms with Crippen molar-refractivity contribution in [3.05, 3.63) is 76.5 Å². The van der Waals surface area contributed by atoms with Gasteiger partial charge in [-0.2, -0.15) is 5.10 Å². The maximum Gasteiger partial charge on any atom is 0.350 e. The molecule has 1 aromatic heterocycles. The van der Waals surface area contributed by atoms with Crippen LogP contribution in [0.25, 0.3) is 5.69 Å². The zero-order valence-electron chi connectivity index (χ0n) is 16.7. The average Bonchev–Trinajstić information content (AvgIpc) is 3.05. The van der Waals surface area contributed by atoms with E-state index in [1.165, 1.54) is 4.68 Å². The Morgan fingerprint density at radius 1 is 1.10 bits per heavy atom. The van der Waals surface area contributed by atoms with E-state index in [9.17, 15) is 9.59 Å². The van der Waals surface area contributed by atoms with Crippen LogP contribution in [0.4, 0.5) is 10.5 Å². The number of nitrogens with zero attached hydrogens (tertiary/aromatic N) is 4. The summed E-state index contributed by atoms with van der Waals surface area (Å²) >= 11 is 0. The van der Waals surface area contributed by atoms with Gasteiger partial charge in [0.1, 0.15) is 5.82 Å². The second-order valence-electron chi connectivity index (χ2n) is 7.52. The lowest BCUT2D eigenvalue weighted by Crippen LogP contribution is -2.42. The molecule has 1 fully saturated rings. The van der Waals surface area contributed by atoms with Gasteiger partial charge in [-0.15, -0.1) is 0 Å². The summed E-state index contributed by atoms with van der Waals surface area (Å²) in [4.78, 5) is 27.3. The highest BCUT2D eigenvalue weighted by molar-refractivity contribution is 5.89. The molecule has 2 aromatic carbocycles. The molecule has 1 aliphatic rings. The topological polar surface area (TPSA) is 72.2 Å². The van der Waals surface area contributed by atoms with Crippen molar-refractivity contribution in [2.45, 2.75) is 25.7 Å². The maximum atomic E-state index is 12.8. The minimum Gasteiger partial charge on any atom is -0.324 e. The van der Waals surface area contributed by atoms with Gasteiger partial charge in [-0.25, -0.2) is 18.8 Å². The average molecular weight is 391 g/mol. The van der Waals surface area contributed by atoms with Crippen molar-refractivity contribution >= 4 is 11.7 Å². The lowest BCUT2D eigenvalue weighted by molar-refractivity contribution is 0.191. The fraction of sp³-hybridized carbons (Fsp3) is 0.318. The third kappa shape index (κ3) is 3.94. The summed E-state index contributed by atoms with van der Waals surface area (Å²) in [5.74, 6) is 0.707. The summed E-state index contributed by atoms with van der Waals surface area (Å²) in [6.45, 7) is 3.23. The highest BCUT2D eigenvalue weighted by Crippen LogP contribution is 2.27. The van der Waals surface area contributed by atoms with Crippen molar-refractivity contribution in [3.63, 3.8) is 0 Å². The first-order chi connectivity index (χ1) is 14.0. The molecule has 150 valence electrons. The number of para-hydroxylation sites is 1. The molecule has 0 spiro atoms. The van der Waals surface area contributed by atoms with E-state index in [0.29, 0.717) is 18.9 Å². The third-order valence-electron chi connectivity index (χ3n) is 5.34. The van der Waals surface area contributed by atoms with Crippen molar-refractivity contribution in [1.29, 1.82) is 0 Å². The fourth-order valence-electron chi connectivity index (χ4n) is 3.78. The van der Waals surface area contributed by atoms with Gasteiger partial charge in [-0.05, 0) is 44.0 Å². The van der Waals surface area contributed by atoms with Crippen LogP contribution in [0.3, 0.4) is 0 Å². The molecule has 3 aromatic rings. The first kappa shape index (κ1) is 19.0. The Morgan fingerprint density at radius 3 is 2.55 bits per heavy atom. The number of amides is 2. The summed E-state index contributed by atoms with van der Waals surface area (Å²) < 4.78 is 3.03. The summed E-state index contributed by atoms with van der Waals surface area (Å²) in [5, 5.41) is 7.47. The van der Waals surface area contributed by atoms with Crippen LogP contribution in [0, 0.1) is 6.92 Å². The number of aromatic nitrogens is 3. The molecule has 4 rings (SSSR count). The second-order valence-corrected chi connectivity index (χ2v) is 7.52. The molecule has 2 heterocycles.